The minimum absolute atomic E-state index is 0.0522. The molecule has 7 heteroatoms. The molecule has 35 heavy (non-hydrogen) atoms. The lowest BCUT2D eigenvalue weighted by Gasteiger charge is -2.45. The molecule has 0 N–H and O–H groups in total. The highest BCUT2D eigenvalue weighted by atomic mass is 16.5. The van der Waals surface area contributed by atoms with Crippen molar-refractivity contribution in [2.75, 3.05) is 33.8 Å². The molecule has 3 heterocycles. The van der Waals surface area contributed by atoms with Gasteiger partial charge in [-0.1, -0.05) is 18.2 Å². The van der Waals surface area contributed by atoms with Crippen LogP contribution >= 0.6 is 0 Å². The smallest absolute Gasteiger partial charge is 0.253 e. The first-order chi connectivity index (χ1) is 16.9. The first-order valence-electron chi connectivity index (χ1n) is 11.7. The van der Waals surface area contributed by atoms with Crippen LogP contribution in [0.5, 0.6) is 5.88 Å². The van der Waals surface area contributed by atoms with Gasteiger partial charge in [-0.05, 0) is 56.8 Å². The summed E-state index contributed by atoms with van der Waals surface area (Å²) in [5.74, 6) is 0.625. The average Bonchev–Trinajstić information content (AvgIpc) is 2.89. The maximum atomic E-state index is 13.4. The predicted octanol–water partition coefficient (Wildman–Crippen LogP) is 4.53. The zero-order valence-electron chi connectivity index (χ0n) is 20.5. The van der Waals surface area contributed by atoms with E-state index in [2.05, 4.69) is 46.8 Å². The van der Waals surface area contributed by atoms with Gasteiger partial charge >= 0.3 is 0 Å². The number of aromatic nitrogens is 3. The molecule has 4 aromatic rings. The van der Waals surface area contributed by atoms with Crippen LogP contribution in [0.3, 0.4) is 0 Å². The van der Waals surface area contributed by atoms with Crippen molar-refractivity contribution in [3.8, 4) is 28.3 Å². The normalized spacial score (nSPS) is 15.8. The fourth-order valence-corrected chi connectivity index (χ4v) is 4.53. The fourth-order valence-electron chi connectivity index (χ4n) is 4.53. The summed E-state index contributed by atoms with van der Waals surface area (Å²) in [7, 11) is 3.71. The molecule has 1 aliphatic rings. The minimum atomic E-state index is -0.0545. The monoisotopic (exact) mass is 467 g/mol. The number of methoxy groups -OCH3 is 1. The Morgan fingerprint density at radius 3 is 2.51 bits per heavy atom. The van der Waals surface area contributed by atoms with E-state index in [9.17, 15) is 4.79 Å². The number of benzene rings is 2. The largest absolute Gasteiger partial charge is 0.481 e. The molecule has 1 amide bonds. The Morgan fingerprint density at radius 1 is 0.943 bits per heavy atom. The first kappa shape index (κ1) is 22.9. The second-order valence-electron chi connectivity index (χ2n) is 9.58. The summed E-state index contributed by atoms with van der Waals surface area (Å²) < 4.78 is 5.18. The van der Waals surface area contributed by atoms with Gasteiger partial charge in [-0.25, -0.2) is 15.0 Å². The molecule has 1 aliphatic heterocycles. The quantitative estimate of drug-likeness (QED) is 0.439. The third kappa shape index (κ3) is 4.47. The van der Waals surface area contributed by atoms with E-state index in [4.69, 9.17) is 4.74 Å². The lowest BCUT2D eigenvalue weighted by atomic mass is 9.98. The van der Waals surface area contributed by atoms with E-state index in [1.807, 2.05) is 53.4 Å². The maximum absolute atomic E-state index is 13.4. The van der Waals surface area contributed by atoms with Crippen molar-refractivity contribution < 1.29 is 9.53 Å². The van der Waals surface area contributed by atoms with Crippen LogP contribution in [-0.4, -0.2) is 70.0 Å². The number of carbonyl (C=O) groups excluding carboxylic acids is 1. The molecule has 0 aliphatic carbocycles. The van der Waals surface area contributed by atoms with Crippen LogP contribution in [0.15, 0.2) is 67.1 Å². The Kier molecular flexibility index (Phi) is 5.94. The van der Waals surface area contributed by atoms with Gasteiger partial charge < -0.3 is 9.64 Å². The second kappa shape index (κ2) is 9.07. The van der Waals surface area contributed by atoms with Crippen LogP contribution in [0.1, 0.15) is 24.2 Å². The molecule has 1 fully saturated rings. The van der Waals surface area contributed by atoms with Gasteiger partial charge in [-0.15, -0.1) is 0 Å². The van der Waals surface area contributed by atoms with E-state index in [-0.39, 0.29) is 11.4 Å². The van der Waals surface area contributed by atoms with E-state index in [0.29, 0.717) is 18.0 Å². The van der Waals surface area contributed by atoms with Gasteiger partial charge in [-0.3, -0.25) is 9.69 Å². The summed E-state index contributed by atoms with van der Waals surface area (Å²) in [4.78, 5) is 31.0. The predicted molar refractivity (Wildman–Crippen MR) is 137 cm³/mol. The molecule has 7 nitrogen and oxygen atoms in total. The van der Waals surface area contributed by atoms with Gasteiger partial charge in [0.2, 0.25) is 5.88 Å². The van der Waals surface area contributed by atoms with Crippen LogP contribution in [0.4, 0.5) is 0 Å². The van der Waals surface area contributed by atoms with Gasteiger partial charge in [0.05, 0.1) is 18.3 Å². The Bertz CT molecular complexity index is 1380. The number of amides is 1. The standard InChI is InChI=1S/C28H29N5O2/c1-28(2)17-33(13-12-32(28)3)27(34)21-7-5-6-20(14-21)26-23-15-19(8-10-24(23)30-18-31-26)22-9-11-25(35-4)29-16-22/h5-11,14-16,18H,12-13,17H2,1-4H3. The highest BCUT2D eigenvalue weighted by Gasteiger charge is 2.33. The van der Waals surface area contributed by atoms with Crippen LogP contribution in [0, 0.1) is 0 Å². The summed E-state index contributed by atoms with van der Waals surface area (Å²) in [6.45, 7) is 6.62. The second-order valence-corrected chi connectivity index (χ2v) is 9.58. The van der Waals surface area contributed by atoms with Crippen molar-refractivity contribution in [1.82, 2.24) is 24.8 Å². The zero-order valence-corrected chi connectivity index (χ0v) is 20.5. The zero-order chi connectivity index (χ0) is 24.6. The molecule has 0 spiro atoms. The first-order valence-corrected chi connectivity index (χ1v) is 11.7. The molecule has 5 rings (SSSR count). The van der Waals surface area contributed by atoms with E-state index >= 15 is 0 Å². The lowest BCUT2D eigenvalue weighted by molar-refractivity contribution is 0.0311. The molecule has 1 saturated heterocycles. The summed E-state index contributed by atoms with van der Waals surface area (Å²) in [6, 6.07) is 17.7. The van der Waals surface area contributed by atoms with E-state index in [1.165, 1.54) is 0 Å². The number of rotatable bonds is 4. The average molecular weight is 468 g/mol. The van der Waals surface area contributed by atoms with Gasteiger partial charge in [0, 0.05) is 59.5 Å². The fraction of sp³-hybridized carbons (Fsp3) is 0.286. The van der Waals surface area contributed by atoms with Gasteiger partial charge in [0.25, 0.3) is 5.91 Å². The van der Waals surface area contributed by atoms with Crippen LogP contribution in [0.25, 0.3) is 33.3 Å². The number of hydrogen-bond acceptors (Lipinski definition) is 6. The van der Waals surface area contributed by atoms with E-state index < -0.39 is 0 Å². The summed E-state index contributed by atoms with van der Waals surface area (Å²) in [5, 5.41) is 0.922. The molecule has 0 saturated carbocycles. The van der Waals surface area contributed by atoms with Crippen molar-refractivity contribution in [2.24, 2.45) is 0 Å². The molecule has 2 aromatic heterocycles. The summed E-state index contributed by atoms with van der Waals surface area (Å²) in [5.41, 5.74) is 5.14. The van der Waals surface area contributed by atoms with Gasteiger partial charge in [-0.2, -0.15) is 0 Å². The van der Waals surface area contributed by atoms with Crippen molar-refractivity contribution in [2.45, 2.75) is 19.4 Å². The Morgan fingerprint density at radius 2 is 1.77 bits per heavy atom. The highest BCUT2D eigenvalue weighted by molar-refractivity contribution is 5.98. The molecule has 0 atom stereocenters. The number of fused-ring (bicyclic) bond motifs is 1. The number of pyridine rings is 1. The lowest BCUT2D eigenvalue weighted by Crippen LogP contribution is -2.58. The van der Waals surface area contributed by atoms with Crippen molar-refractivity contribution in [3.63, 3.8) is 0 Å². The van der Waals surface area contributed by atoms with Crippen molar-refractivity contribution in [3.05, 3.63) is 72.7 Å². The Hall–Kier alpha value is -3.84. The third-order valence-electron chi connectivity index (χ3n) is 6.90. The number of piperazine rings is 1. The Balaban J connectivity index is 1.50. The number of hydrogen-bond donors (Lipinski definition) is 0. The van der Waals surface area contributed by atoms with Crippen LogP contribution in [0.2, 0.25) is 0 Å². The molecule has 2 aromatic carbocycles. The SMILES string of the molecule is COc1ccc(-c2ccc3ncnc(-c4cccc(C(=O)N5CCN(C)C(C)(C)C5)c4)c3c2)cn1. The third-order valence-corrected chi connectivity index (χ3v) is 6.90. The minimum Gasteiger partial charge on any atom is -0.481 e. The van der Waals surface area contributed by atoms with Gasteiger partial charge in [0.1, 0.15) is 6.33 Å². The molecule has 0 bridgehead atoms. The van der Waals surface area contributed by atoms with Crippen LogP contribution in [-0.2, 0) is 0 Å². The number of nitrogens with zero attached hydrogens (tertiary/aromatic N) is 5. The number of carbonyl (C=O) groups is 1. The number of likely N-dealkylation sites (N-methyl/N-ethyl adjacent to an activating group) is 1. The van der Waals surface area contributed by atoms with Crippen molar-refractivity contribution >= 4 is 16.8 Å². The van der Waals surface area contributed by atoms with Crippen molar-refractivity contribution in [1.29, 1.82) is 0 Å². The van der Waals surface area contributed by atoms with Gasteiger partial charge in [0.15, 0.2) is 0 Å². The molecular weight excluding hydrogens is 438 g/mol. The molecular formula is C28H29N5O2. The molecule has 0 radical (unpaired) electrons. The summed E-state index contributed by atoms with van der Waals surface area (Å²) in [6.07, 6.45) is 3.37. The summed E-state index contributed by atoms with van der Waals surface area (Å²) >= 11 is 0. The van der Waals surface area contributed by atoms with Crippen LogP contribution < -0.4 is 4.74 Å². The Labute approximate surface area is 205 Å². The number of ether oxygens (including phenoxy) is 1. The van der Waals surface area contributed by atoms with E-state index in [1.54, 1.807) is 19.6 Å². The topological polar surface area (TPSA) is 71.5 Å². The maximum Gasteiger partial charge on any atom is 0.253 e. The molecule has 0 unspecified atom stereocenters. The molecule has 178 valence electrons. The highest BCUT2D eigenvalue weighted by Crippen LogP contribution is 2.31. The van der Waals surface area contributed by atoms with E-state index in [0.717, 1.165) is 46.4 Å².